The van der Waals surface area contributed by atoms with E-state index in [4.69, 9.17) is 10.5 Å². The van der Waals surface area contributed by atoms with Crippen LogP contribution in [-0.2, 0) is 0 Å². The first-order chi connectivity index (χ1) is 9.22. The molecule has 19 heavy (non-hydrogen) atoms. The van der Waals surface area contributed by atoms with E-state index in [0.29, 0.717) is 6.61 Å². The van der Waals surface area contributed by atoms with Crippen LogP contribution in [0.2, 0.25) is 0 Å². The number of rotatable bonds is 5. The maximum absolute atomic E-state index is 12.9. The quantitative estimate of drug-likeness (QED) is 0.889. The Morgan fingerprint density at radius 1 is 1.11 bits per heavy atom. The van der Waals surface area contributed by atoms with E-state index >= 15 is 0 Å². The van der Waals surface area contributed by atoms with Crippen LogP contribution >= 0.6 is 0 Å². The number of halogens is 1. The van der Waals surface area contributed by atoms with E-state index in [1.807, 2.05) is 24.3 Å². The van der Waals surface area contributed by atoms with Crippen LogP contribution in [0.4, 0.5) is 4.39 Å². The van der Waals surface area contributed by atoms with E-state index in [9.17, 15) is 4.39 Å². The number of hydrogen-bond acceptors (Lipinski definition) is 2. The standard InChI is InChI=1S/C16H18FNO/c1-2-11-19-15-6-4-3-5-14(15)16(18)12-7-9-13(17)10-8-12/h3-10,16H,2,11,18H2,1H3. The van der Waals surface area contributed by atoms with Crippen LogP contribution in [0.15, 0.2) is 48.5 Å². The minimum atomic E-state index is -0.311. The Kier molecular flexibility index (Phi) is 4.53. The molecule has 0 aliphatic rings. The average molecular weight is 259 g/mol. The largest absolute Gasteiger partial charge is 0.493 e. The summed E-state index contributed by atoms with van der Waals surface area (Å²) in [4.78, 5) is 0. The van der Waals surface area contributed by atoms with Crippen molar-refractivity contribution in [3.63, 3.8) is 0 Å². The molecule has 0 spiro atoms. The second-order valence-corrected chi connectivity index (χ2v) is 4.42. The van der Waals surface area contributed by atoms with Crippen LogP contribution in [0.1, 0.15) is 30.5 Å². The molecule has 2 N–H and O–H groups in total. The average Bonchev–Trinajstić information content (AvgIpc) is 2.45. The molecule has 0 heterocycles. The molecule has 1 unspecified atom stereocenters. The molecular weight excluding hydrogens is 241 g/mol. The lowest BCUT2D eigenvalue weighted by Crippen LogP contribution is -2.13. The molecule has 2 rings (SSSR count). The monoisotopic (exact) mass is 259 g/mol. The molecule has 1 atom stereocenters. The van der Waals surface area contributed by atoms with Gasteiger partial charge in [-0.25, -0.2) is 4.39 Å². The summed E-state index contributed by atoms with van der Waals surface area (Å²) >= 11 is 0. The van der Waals surface area contributed by atoms with Gasteiger partial charge in [-0.3, -0.25) is 0 Å². The predicted molar refractivity (Wildman–Crippen MR) is 74.7 cm³/mol. The Labute approximate surface area is 113 Å². The number of para-hydroxylation sites is 1. The second-order valence-electron chi connectivity index (χ2n) is 4.42. The lowest BCUT2D eigenvalue weighted by molar-refractivity contribution is 0.313. The van der Waals surface area contributed by atoms with Crippen LogP contribution in [0.5, 0.6) is 5.75 Å². The summed E-state index contributed by atoms with van der Waals surface area (Å²) in [5.41, 5.74) is 8.02. The van der Waals surface area contributed by atoms with Gasteiger partial charge in [0, 0.05) is 5.56 Å². The van der Waals surface area contributed by atoms with Crippen LogP contribution in [0, 0.1) is 5.82 Å². The maximum atomic E-state index is 12.9. The van der Waals surface area contributed by atoms with Crippen LogP contribution in [0.3, 0.4) is 0 Å². The number of hydrogen-bond donors (Lipinski definition) is 1. The maximum Gasteiger partial charge on any atom is 0.124 e. The van der Waals surface area contributed by atoms with Crippen LogP contribution in [0.25, 0.3) is 0 Å². The van der Waals surface area contributed by atoms with Gasteiger partial charge in [0.05, 0.1) is 12.6 Å². The highest BCUT2D eigenvalue weighted by molar-refractivity contribution is 5.41. The van der Waals surface area contributed by atoms with E-state index < -0.39 is 0 Å². The predicted octanol–water partition coefficient (Wildman–Crippen LogP) is 3.66. The first kappa shape index (κ1) is 13.6. The van der Waals surface area contributed by atoms with E-state index in [-0.39, 0.29) is 11.9 Å². The van der Waals surface area contributed by atoms with Gasteiger partial charge in [0.25, 0.3) is 0 Å². The van der Waals surface area contributed by atoms with E-state index in [1.165, 1.54) is 12.1 Å². The zero-order chi connectivity index (χ0) is 13.7. The Bertz CT molecular complexity index is 525. The second kappa shape index (κ2) is 6.34. The Morgan fingerprint density at radius 2 is 1.79 bits per heavy atom. The van der Waals surface area contributed by atoms with Gasteiger partial charge >= 0.3 is 0 Å². The zero-order valence-corrected chi connectivity index (χ0v) is 11.0. The highest BCUT2D eigenvalue weighted by Gasteiger charge is 2.13. The fourth-order valence-electron chi connectivity index (χ4n) is 1.93. The van der Waals surface area contributed by atoms with Gasteiger partial charge in [-0.2, -0.15) is 0 Å². The fourth-order valence-corrected chi connectivity index (χ4v) is 1.93. The molecule has 0 fully saturated rings. The molecule has 0 aliphatic heterocycles. The fraction of sp³-hybridized carbons (Fsp3) is 0.250. The molecule has 0 aromatic heterocycles. The minimum absolute atomic E-state index is 0.258. The molecule has 100 valence electrons. The zero-order valence-electron chi connectivity index (χ0n) is 11.0. The van der Waals surface area contributed by atoms with Gasteiger partial charge in [-0.05, 0) is 30.2 Å². The Hall–Kier alpha value is -1.87. The van der Waals surface area contributed by atoms with Crippen LogP contribution in [-0.4, -0.2) is 6.61 Å². The first-order valence-corrected chi connectivity index (χ1v) is 6.45. The van der Waals surface area contributed by atoms with Crippen LogP contribution < -0.4 is 10.5 Å². The first-order valence-electron chi connectivity index (χ1n) is 6.45. The Balaban J connectivity index is 2.27. The highest BCUT2D eigenvalue weighted by Crippen LogP contribution is 2.28. The van der Waals surface area contributed by atoms with Crippen molar-refractivity contribution in [2.45, 2.75) is 19.4 Å². The Morgan fingerprint density at radius 3 is 2.47 bits per heavy atom. The molecular formula is C16H18FNO. The molecule has 2 aromatic rings. The van der Waals surface area contributed by atoms with Crippen molar-refractivity contribution in [1.29, 1.82) is 0 Å². The van der Waals surface area contributed by atoms with Crippen molar-refractivity contribution in [2.24, 2.45) is 5.73 Å². The topological polar surface area (TPSA) is 35.2 Å². The molecule has 0 saturated carbocycles. The van der Waals surface area contributed by atoms with E-state index in [0.717, 1.165) is 23.3 Å². The summed E-state index contributed by atoms with van der Waals surface area (Å²) in [5.74, 6) is 0.535. The van der Waals surface area contributed by atoms with Gasteiger partial charge in [0.1, 0.15) is 11.6 Å². The number of nitrogens with two attached hydrogens (primary N) is 1. The summed E-state index contributed by atoms with van der Waals surface area (Å²) < 4.78 is 18.6. The molecule has 2 nitrogen and oxygen atoms in total. The molecule has 0 amide bonds. The summed E-state index contributed by atoms with van der Waals surface area (Å²) in [5, 5.41) is 0. The van der Waals surface area contributed by atoms with Crippen molar-refractivity contribution in [3.05, 3.63) is 65.5 Å². The molecule has 0 radical (unpaired) electrons. The third kappa shape index (κ3) is 3.32. The minimum Gasteiger partial charge on any atom is -0.493 e. The lowest BCUT2D eigenvalue weighted by atomic mass is 9.99. The van der Waals surface area contributed by atoms with Gasteiger partial charge in [0.15, 0.2) is 0 Å². The molecule has 0 saturated heterocycles. The van der Waals surface area contributed by atoms with Crippen molar-refractivity contribution >= 4 is 0 Å². The SMILES string of the molecule is CCCOc1ccccc1C(N)c1ccc(F)cc1. The molecule has 0 bridgehead atoms. The van der Waals surface area contributed by atoms with Crippen molar-refractivity contribution in [3.8, 4) is 5.75 Å². The van der Waals surface area contributed by atoms with Crippen molar-refractivity contribution < 1.29 is 9.13 Å². The third-order valence-electron chi connectivity index (χ3n) is 2.94. The summed E-state index contributed by atoms with van der Waals surface area (Å²) in [6, 6.07) is 13.6. The molecule has 0 aliphatic carbocycles. The van der Waals surface area contributed by atoms with E-state index in [1.54, 1.807) is 12.1 Å². The summed E-state index contributed by atoms with van der Waals surface area (Å²) in [6.07, 6.45) is 0.945. The lowest BCUT2D eigenvalue weighted by Gasteiger charge is -2.17. The van der Waals surface area contributed by atoms with Crippen molar-refractivity contribution in [1.82, 2.24) is 0 Å². The number of ether oxygens (including phenoxy) is 1. The normalized spacial score (nSPS) is 12.2. The van der Waals surface area contributed by atoms with Crippen molar-refractivity contribution in [2.75, 3.05) is 6.61 Å². The molecule has 3 heteroatoms. The van der Waals surface area contributed by atoms with Gasteiger partial charge < -0.3 is 10.5 Å². The van der Waals surface area contributed by atoms with E-state index in [2.05, 4.69) is 6.92 Å². The third-order valence-corrected chi connectivity index (χ3v) is 2.94. The summed E-state index contributed by atoms with van der Waals surface area (Å²) in [7, 11) is 0. The summed E-state index contributed by atoms with van der Waals surface area (Å²) in [6.45, 7) is 2.72. The molecule has 2 aromatic carbocycles. The van der Waals surface area contributed by atoms with Gasteiger partial charge in [0.2, 0.25) is 0 Å². The van der Waals surface area contributed by atoms with Gasteiger partial charge in [-0.15, -0.1) is 0 Å². The highest BCUT2D eigenvalue weighted by atomic mass is 19.1. The number of benzene rings is 2. The van der Waals surface area contributed by atoms with Gasteiger partial charge in [-0.1, -0.05) is 37.3 Å². The smallest absolute Gasteiger partial charge is 0.124 e.